The van der Waals surface area contributed by atoms with E-state index in [9.17, 15) is 5.11 Å². The molecule has 0 bridgehead atoms. The minimum Gasteiger partial charge on any atom is -0.389 e. The number of hydrogen-bond donors (Lipinski definition) is 2. The molecule has 0 fully saturated rings. The first kappa shape index (κ1) is 13.6. The summed E-state index contributed by atoms with van der Waals surface area (Å²) in [6, 6.07) is 0.248. The molecule has 1 rings (SSSR count). The second-order valence-electron chi connectivity index (χ2n) is 3.80. The number of halogens is 1. The van der Waals surface area contributed by atoms with Gasteiger partial charge < -0.3 is 15.2 Å². The standard InChI is InChI=1S/C10H18BrN3O2/c1-8(12-4-10(15)7-16-2)5-14-6-9(11)3-13-14/h3,6,8,10,12,15H,4-5,7H2,1-2H3. The number of hydrogen-bond acceptors (Lipinski definition) is 4. The van der Waals surface area contributed by atoms with Crippen molar-refractivity contribution in [3.8, 4) is 0 Å². The van der Waals surface area contributed by atoms with Gasteiger partial charge in [-0.25, -0.2) is 0 Å². The second kappa shape index (κ2) is 7.01. The van der Waals surface area contributed by atoms with E-state index < -0.39 is 6.10 Å². The van der Waals surface area contributed by atoms with Gasteiger partial charge >= 0.3 is 0 Å². The molecule has 0 spiro atoms. The molecule has 16 heavy (non-hydrogen) atoms. The van der Waals surface area contributed by atoms with Gasteiger partial charge in [-0.2, -0.15) is 5.10 Å². The maximum absolute atomic E-state index is 9.45. The molecule has 0 saturated carbocycles. The van der Waals surface area contributed by atoms with Crippen LogP contribution in [0.3, 0.4) is 0 Å². The third kappa shape index (κ3) is 5.07. The predicted molar refractivity (Wildman–Crippen MR) is 65.3 cm³/mol. The highest BCUT2D eigenvalue weighted by atomic mass is 79.9. The molecule has 6 heteroatoms. The topological polar surface area (TPSA) is 59.3 Å². The third-order valence-electron chi connectivity index (χ3n) is 2.12. The van der Waals surface area contributed by atoms with Crippen LogP contribution < -0.4 is 5.32 Å². The van der Waals surface area contributed by atoms with Crippen LogP contribution in [0.15, 0.2) is 16.9 Å². The molecular formula is C10H18BrN3O2. The molecule has 1 aromatic heterocycles. The van der Waals surface area contributed by atoms with Gasteiger partial charge in [-0.15, -0.1) is 0 Å². The number of aliphatic hydroxyl groups excluding tert-OH is 1. The van der Waals surface area contributed by atoms with Crippen molar-refractivity contribution in [1.82, 2.24) is 15.1 Å². The summed E-state index contributed by atoms with van der Waals surface area (Å²) in [5, 5.41) is 16.8. The summed E-state index contributed by atoms with van der Waals surface area (Å²) in [6.07, 6.45) is 3.22. The van der Waals surface area contributed by atoms with Gasteiger partial charge in [0.25, 0.3) is 0 Å². The largest absolute Gasteiger partial charge is 0.389 e. The van der Waals surface area contributed by atoms with E-state index in [4.69, 9.17) is 4.74 Å². The van der Waals surface area contributed by atoms with E-state index >= 15 is 0 Å². The van der Waals surface area contributed by atoms with Crippen molar-refractivity contribution in [3.63, 3.8) is 0 Å². The van der Waals surface area contributed by atoms with E-state index in [2.05, 4.69) is 33.3 Å². The maximum atomic E-state index is 9.45. The number of nitrogens with zero attached hydrogens (tertiary/aromatic N) is 2. The Morgan fingerprint density at radius 3 is 3.00 bits per heavy atom. The molecule has 2 N–H and O–H groups in total. The highest BCUT2D eigenvalue weighted by molar-refractivity contribution is 9.10. The maximum Gasteiger partial charge on any atom is 0.0897 e. The molecule has 0 aliphatic heterocycles. The quantitative estimate of drug-likeness (QED) is 0.774. The molecule has 1 aromatic rings. The van der Waals surface area contributed by atoms with Gasteiger partial charge in [0.15, 0.2) is 0 Å². The first-order valence-corrected chi connectivity index (χ1v) is 5.99. The van der Waals surface area contributed by atoms with Crippen molar-refractivity contribution in [2.75, 3.05) is 20.3 Å². The van der Waals surface area contributed by atoms with Gasteiger partial charge in [0.1, 0.15) is 0 Å². The first-order valence-electron chi connectivity index (χ1n) is 5.20. The minimum absolute atomic E-state index is 0.248. The van der Waals surface area contributed by atoms with Crippen LogP contribution >= 0.6 is 15.9 Å². The van der Waals surface area contributed by atoms with Crippen molar-refractivity contribution in [1.29, 1.82) is 0 Å². The Bertz CT molecular complexity index is 306. The Morgan fingerprint density at radius 1 is 1.69 bits per heavy atom. The summed E-state index contributed by atoms with van der Waals surface area (Å²) in [6.45, 7) is 3.70. The third-order valence-corrected chi connectivity index (χ3v) is 2.53. The van der Waals surface area contributed by atoms with Crippen LogP contribution in [0.1, 0.15) is 6.92 Å². The Balaban J connectivity index is 2.23. The van der Waals surface area contributed by atoms with E-state index in [1.54, 1.807) is 13.3 Å². The summed E-state index contributed by atoms with van der Waals surface area (Å²) >= 11 is 3.34. The molecule has 0 aliphatic carbocycles. The highest BCUT2D eigenvalue weighted by Gasteiger charge is 2.07. The van der Waals surface area contributed by atoms with Crippen LogP contribution in [0.2, 0.25) is 0 Å². The highest BCUT2D eigenvalue weighted by Crippen LogP contribution is 2.06. The van der Waals surface area contributed by atoms with Crippen LogP contribution in [-0.2, 0) is 11.3 Å². The van der Waals surface area contributed by atoms with Crippen molar-refractivity contribution in [2.45, 2.75) is 25.6 Å². The van der Waals surface area contributed by atoms with E-state index in [0.29, 0.717) is 13.2 Å². The van der Waals surface area contributed by atoms with Gasteiger partial charge in [0.05, 0.1) is 29.9 Å². The fourth-order valence-corrected chi connectivity index (χ4v) is 1.70. The molecule has 5 nitrogen and oxygen atoms in total. The van der Waals surface area contributed by atoms with Crippen molar-refractivity contribution in [3.05, 3.63) is 16.9 Å². The lowest BCUT2D eigenvalue weighted by Crippen LogP contribution is -2.38. The summed E-state index contributed by atoms with van der Waals surface area (Å²) in [4.78, 5) is 0. The molecule has 0 aliphatic rings. The van der Waals surface area contributed by atoms with Gasteiger partial charge in [0, 0.05) is 25.9 Å². The first-order chi connectivity index (χ1) is 7.61. The monoisotopic (exact) mass is 291 g/mol. The van der Waals surface area contributed by atoms with E-state index in [-0.39, 0.29) is 6.04 Å². The summed E-state index contributed by atoms with van der Waals surface area (Å²) in [7, 11) is 1.58. The predicted octanol–water partition coefficient (Wildman–Crippen LogP) is 0.631. The summed E-state index contributed by atoms with van der Waals surface area (Å²) < 4.78 is 7.67. The summed E-state index contributed by atoms with van der Waals surface area (Å²) in [5.74, 6) is 0. The average Bonchev–Trinajstić information content (AvgIpc) is 2.61. The van der Waals surface area contributed by atoms with Gasteiger partial charge in [-0.05, 0) is 22.9 Å². The molecule has 1 heterocycles. The molecule has 0 saturated heterocycles. The Kier molecular flexibility index (Phi) is 5.97. The average molecular weight is 292 g/mol. The van der Waals surface area contributed by atoms with Crippen molar-refractivity contribution >= 4 is 15.9 Å². The molecule has 2 atom stereocenters. The molecule has 2 unspecified atom stereocenters. The molecule has 0 amide bonds. The number of ether oxygens (including phenoxy) is 1. The summed E-state index contributed by atoms with van der Waals surface area (Å²) in [5.41, 5.74) is 0. The fraction of sp³-hybridized carbons (Fsp3) is 0.700. The van der Waals surface area contributed by atoms with E-state index in [1.807, 2.05) is 10.9 Å². The SMILES string of the molecule is COCC(O)CNC(C)Cn1cc(Br)cn1. The lowest BCUT2D eigenvalue weighted by molar-refractivity contribution is 0.0626. The van der Waals surface area contributed by atoms with Gasteiger partial charge in [0.2, 0.25) is 0 Å². The Hall–Kier alpha value is -0.430. The Labute approximate surface area is 104 Å². The smallest absolute Gasteiger partial charge is 0.0897 e. The molecular weight excluding hydrogens is 274 g/mol. The lowest BCUT2D eigenvalue weighted by atomic mass is 10.3. The zero-order valence-corrected chi connectivity index (χ0v) is 11.1. The molecule has 0 radical (unpaired) electrons. The van der Waals surface area contributed by atoms with Crippen LogP contribution in [0.25, 0.3) is 0 Å². The van der Waals surface area contributed by atoms with Crippen molar-refractivity contribution < 1.29 is 9.84 Å². The van der Waals surface area contributed by atoms with E-state index in [1.165, 1.54) is 0 Å². The van der Waals surface area contributed by atoms with Crippen LogP contribution in [0.5, 0.6) is 0 Å². The molecule has 0 aromatic carbocycles. The number of nitrogens with one attached hydrogen (secondary N) is 1. The number of rotatable bonds is 7. The normalized spacial score (nSPS) is 15.0. The fourth-order valence-electron chi connectivity index (χ4n) is 1.37. The number of methoxy groups -OCH3 is 1. The minimum atomic E-state index is -0.461. The van der Waals surface area contributed by atoms with Gasteiger partial charge in [-0.3, -0.25) is 4.68 Å². The Morgan fingerprint density at radius 2 is 2.44 bits per heavy atom. The number of aliphatic hydroxyl groups is 1. The van der Waals surface area contributed by atoms with Crippen molar-refractivity contribution in [2.24, 2.45) is 0 Å². The number of aromatic nitrogens is 2. The van der Waals surface area contributed by atoms with Crippen LogP contribution in [0.4, 0.5) is 0 Å². The van der Waals surface area contributed by atoms with E-state index in [0.717, 1.165) is 11.0 Å². The second-order valence-corrected chi connectivity index (χ2v) is 4.71. The zero-order chi connectivity index (χ0) is 12.0. The zero-order valence-electron chi connectivity index (χ0n) is 9.56. The molecule has 92 valence electrons. The lowest BCUT2D eigenvalue weighted by Gasteiger charge is -2.16. The van der Waals surface area contributed by atoms with Gasteiger partial charge in [-0.1, -0.05) is 0 Å². The van der Waals surface area contributed by atoms with Crippen LogP contribution in [0, 0.1) is 0 Å². The van der Waals surface area contributed by atoms with Crippen LogP contribution in [-0.4, -0.2) is 47.3 Å².